The molecular formula is C16H12N2O2. The van der Waals surface area contributed by atoms with Gasteiger partial charge in [-0.1, -0.05) is 30.3 Å². The Morgan fingerprint density at radius 3 is 2.50 bits per heavy atom. The molecule has 3 aromatic rings. The number of carbonyl (C=O) groups is 1. The molecule has 4 heteroatoms. The Balaban J connectivity index is 1.87. The van der Waals surface area contributed by atoms with E-state index in [4.69, 9.17) is 0 Å². The second kappa shape index (κ2) is 5.01. The summed E-state index contributed by atoms with van der Waals surface area (Å²) >= 11 is 0. The minimum atomic E-state index is -0.253. The van der Waals surface area contributed by atoms with Crippen LogP contribution in [0.25, 0.3) is 10.8 Å². The van der Waals surface area contributed by atoms with Crippen LogP contribution < -0.4 is 10.9 Å². The fourth-order valence-electron chi connectivity index (χ4n) is 2.02. The Labute approximate surface area is 115 Å². The average Bonchev–Trinajstić information content (AvgIpc) is 2.48. The Kier molecular flexibility index (Phi) is 3.05. The van der Waals surface area contributed by atoms with Gasteiger partial charge in [-0.15, -0.1) is 0 Å². The number of pyridine rings is 1. The standard InChI is InChI=1S/C16H12N2O2/c19-15-8-6-13(10-17-15)16(20)18-14-7-5-11-3-1-2-4-12(11)9-14/h1-10H,(H,17,19)(H,18,20). The number of anilines is 1. The van der Waals surface area contributed by atoms with Crippen LogP contribution in [-0.2, 0) is 0 Å². The van der Waals surface area contributed by atoms with Gasteiger partial charge in [0.05, 0.1) is 5.56 Å². The molecule has 0 bridgehead atoms. The molecule has 1 heterocycles. The summed E-state index contributed by atoms with van der Waals surface area (Å²) in [5, 5.41) is 4.99. The van der Waals surface area contributed by atoms with Crippen molar-refractivity contribution in [1.82, 2.24) is 4.98 Å². The highest BCUT2D eigenvalue weighted by Crippen LogP contribution is 2.19. The van der Waals surface area contributed by atoms with Crippen molar-refractivity contribution >= 4 is 22.4 Å². The van der Waals surface area contributed by atoms with Gasteiger partial charge in [0.2, 0.25) is 5.56 Å². The molecule has 2 aromatic carbocycles. The van der Waals surface area contributed by atoms with E-state index in [1.165, 1.54) is 18.3 Å². The fraction of sp³-hybridized carbons (Fsp3) is 0. The third-order valence-corrected chi connectivity index (χ3v) is 3.05. The van der Waals surface area contributed by atoms with Gasteiger partial charge in [0.15, 0.2) is 0 Å². The summed E-state index contributed by atoms with van der Waals surface area (Å²) in [6.07, 6.45) is 1.40. The molecule has 0 aliphatic rings. The molecule has 3 rings (SSSR count). The smallest absolute Gasteiger partial charge is 0.257 e. The van der Waals surface area contributed by atoms with E-state index in [-0.39, 0.29) is 11.5 Å². The first-order chi connectivity index (χ1) is 9.72. The lowest BCUT2D eigenvalue weighted by Crippen LogP contribution is -2.14. The van der Waals surface area contributed by atoms with Crippen molar-refractivity contribution < 1.29 is 4.79 Å². The maximum absolute atomic E-state index is 12.0. The third-order valence-electron chi connectivity index (χ3n) is 3.05. The molecule has 0 atom stereocenters. The van der Waals surface area contributed by atoms with Crippen molar-refractivity contribution in [3.63, 3.8) is 0 Å². The van der Waals surface area contributed by atoms with Crippen molar-refractivity contribution in [3.8, 4) is 0 Å². The lowest BCUT2D eigenvalue weighted by molar-refractivity contribution is 0.102. The minimum absolute atomic E-state index is 0.229. The van der Waals surface area contributed by atoms with Gasteiger partial charge >= 0.3 is 0 Å². The normalized spacial score (nSPS) is 10.4. The average molecular weight is 264 g/mol. The fourth-order valence-corrected chi connectivity index (χ4v) is 2.02. The van der Waals surface area contributed by atoms with Gasteiger partial charge in [0, 0.05) is 18.0 Å². The second-order valence-corrected chi connectivity index (χ2v) is 4.46. The highest BCUT2D eigenvalue weighted by atomic mass is 16.1. The molecule has 0 spiro atoms. The molecule has 2 N–H and O–H groups in total. The largest absolute Gasteiger partial charge is 0.328 e. The van der Waals surface area contributed by atoms with E-state index in [0.717, 1.165) is 16.5 Å². The summed E-state index contributed by atoms with van der Waals surface area (Å²) in [6.45, 7) is 0. The quantitative estimate of drug-likeness (QED) is 0.747. The number of aromatic nitrogens is 1. The molecule has 1 aromatic heterocycles. The van der Waals surface area contributed by atoms with Crippen LogP contribution in [0.15, 0.2) is 65.6 Å². The van der Waals surface area contributed by atoms with E-state index >= 15 is 0 Å². The number of carbonyl (C=O) groups excluding carboxylic acids is 1. The molecule has 98 valence electrons. The molecular weight excluding hydrogens is 252 g/mol. The monoisotopic (exact) mass is 264 g/mol. The van der Waals surface area contributed by atoms with Gasteiger partial charge in [-0.05, 0) is 29.0 Å². The molecule has 0 aliphatic carbocycles. The number of aromatic amines is 1. The molecule has 0 saturated carbocycles. The van der Waals surface area contributed by atoms with E-state index < -0.39 is 0 Å². The van der Waals surface area contributed by atoms with Crippen LogP contribution in [0.1, 0.15) is 10.4 Å². The van der Waals surface area contributed by atoms with Crippen molar-refractivity contribution in [2.45, 2.75) is 0 Å². The van der Waals surface area contributed by atoms with E-state index in [1.807, 2.05) is 42.5 Å². The zero-order valence-corrected chi connectivity index (χ0v) is 10.6. The van der Waals surface area contributed by atoms with Crippen LogP contribution in [0.5, 0.6) is 0 Å². The highest BCUT2D eigenvalue weighted by molar-refractivity contribution is 6.05. The zero-order chi connectivity index (χ0) is 13.9. The van der Waals surface area contributed by atoms with Crippen molar-refractivity contribution in [3.05, 3.63) is 76.7 Å². The number of nitrogens with one attached hydrogen (secondary N) is 2. The van der Waals surface area contributed by atoms with Gasteiger partial charge in [0.1, 0.15) is 0 Å². The molecule has 0 saturated heterocycles. The first kappa shape index (κ1) is 12.2. The summed E-state index contributed by atoms with van der Waals surface area (Å²) in [6, 6.07) is 16.5. The summed E-state index contributed by atoms with van der Waals surface area (Å²) in [5.41, 5.74) is 0.907. The predicted molar refractivity (Wildman–Crippen MR) is 79.0 cm³/mol. The summed E-state index contributed by atoms with van der Waals surface area (Å²) < 4.78 is 0. The summed E-state index contributed by atoms with van der Waals surface area (Å²) in [4.78, 5) is 25.5. The van der Waals surface area contributed by atoms with E-state index in [9.17, 15) is 9.59 Å². The van der Waals surface area contributed by atoms with E-state index in [1.54, 1.807) is 0 Å². The Morgan fingerprint density at radius 2 is 1.75 bits per heavy atom. The van der Waals surface area contributed by atoms with Crippen LogP contribution in [0.4, 0.5) is 5.69 Å². The van der Waals surface area contributed by atoms with Crippen molar-refractivity contribution in [2.24, 2.45) is 0 Å². The Morgan fingerprint density at radius 1 is 0.950 bits per heavy atom. The predicted octanol–water partition coefficient (Wildman–Crippen LogP) is 2.78. The van der Waals surface area contributed by atoms with E-state index in [0.29, 0.717) is 5.56 Å². The Bertz CT molecular complexity index is 817. The van der Waals surface area contributed by atoms with Crippen LogP contribution in [0, 0.1) is 0 Å². The topological polar surface area (TPSA) is 62.0 Å². The van der Waals surface area contributed by atoms with Gasteiger partial charge in [-0.3, -0.25) is 9.59 Å². The maximum atomic E-state index is 12.0. The molecule has 0 fully saturated rings. The first-order valence-corrected chi connectivity index (χ1v) is 6.21. The van der Waals surface area contributed by atoms with Crippen LogP contribution in [0.3, 0.4) is 0 Å². The third kappa shape index (κ3) is 2.44. The van der Waals surface area contributed by atoms with Crippen LogP contribution in [0.2, 0.25) is 0 Å². The number of benzene rings is 2. The zero-order valence-electron chi connectivity index (χ0n) is 10.6. The maximum Gasteiger partial charge on any atom is 0.257 e. The van der Waals surface area contributed by atoms with E-state index in [2.05, 4.69) is 10.3 Å². The molecule has 1 amide bonds. The number of amides is 1. The van der Waals surface area contributed by atoms with Gasteiger partial charge in [-0.2, -0.15) is 0 Å². The number of hydrogen-bond acceptors (Lipinski definition) is 2. The van der Waals surface area contributed by atoms with Crippen LogP contribution >= 0.6 is 0 Å². The lowest BCUT2D eigenvalue weighted by Gasteiger charge is -2.06. The first-order valence-electron chi connectivity index (χ1n) is 6.21. The molecule has 0 radical (unpaired) electrons. The SMILES string of the molecule is O=C(Nc1ccc2ccccc2c1)c1ccc(=O)[nH]c1. The van der Waals surface area contributed by atoms with Crippen molar-refractivity contribution in [1.29, 1.82) is 0 Å². The van der Waals surface area contributed by atoms with Crippen LogP contribution in [-0.4, -0.2) is 10.9 Å². The highest BCUT2D eigenvalue weighted by Gasteiger charge is 2.06. The number of fused-ring (bicyclic) bond motifs is 1. The van der Waals surface area contributed by atoms with Gasteiger partial charge in [0.25, 0.3) is 5.91 Å². The minimum Gasteiger partial charge on any atom is -0.328 e. The lowest BCUT2D eigenvalue weighted by atomic mass is 10.1. The summed E-state index contributed by atoms with van der Waals surface area (Å²) in [5.74, 6) is -0.253. The second-order valence-electron chi connectivity index (χ2n) is 4.46. The Hall–Kier alpha value is -2.88. The number of rotatable bonds is 2. The molecule has 0 unspecified atom stereocenters. The summed E-state index contributed by atoms with van der Waals surface area (Å²) in [7, 11) is 0. The molecule has 4 nitrogen and oxygen atoms in total. The van der Waals surface area contributed by atoms with Crippen molar-refractivity contribution in [2.75, 3.05) is 5.32 Å². The number of H-pyrrole nitrogens is 1. The number of hydrogen-bond donors (Lipinski definition) is 2. The molecule has 20 heavy (non-hydrogen) atoms. The van der Waals surface area contributed by atoms with Gasteiger partial charge < -0.3 is 10.3 Å². The van der Waals surface area contributed by atoms with Gasteiger partial charge in [-0.25, -0.2) is 0 Å². The molecule has 0 aliphatic heterocycles.